The molecule has 1 aromatic rings. The van der Waals surface area contributed by atoms with Crippen LogP contribution < -0.4 is 10.1 Å². The molecule has 0 bridgehead atoms. The van der Waals surface area contributed by atoms with Gasteiger partial charge < -0.3 is 10.1 Å². The SMILES string of the molecule is Cl.O=[N+]([O-])c1ccccc1OC1CCNC1. The Hall–Kier alpha value is -1.33. The molecule has 0 aromatic heterocycles. The Labute approximate surface area is 99.4 Å². The van der Waals surface area contributed by atoms with Crippen LogP contribution in [0.5, 0.6) is 5.75 Å². The average Bonchev–Trinajstić information content (AvgIpc) is 2.71. The van der Waals surface area contributed by atoms with Crippen LogP contribution in [0.25, 0.3) is 0 Å². The fourth-order valence-electron chi connectivity index (χ4n) is 1.62. The highest BCUT2D eigenvalue weighted by Crippen LogP contribution is 2.27. The molecule has 0 spiro atoms. The van der Waals surface area contributed by atoms with Gasteiger partial charge in [0.2, 0.25) is 0 Å². The van der Waals surface area contributed by atoms with Gasteiger partial charge in [-0.25, -0.2) is 0 Å². The third kappa shape index (κ3) is 2.84. The van der Waals surface area contributed by atoms with Crippen molar-refractivity contribution in [1.29, 1.82) is 0 Å². The van der Waals surface area contributed by atoms with Crippen LogP contribution in [-0.4, -0.2) is 24.1 Å². The van der Waals surface area contributed by atoms with Crippen molar-refractivity contribution in [2.45, 2.75) is 12.5 Å². The minimum absolute atomic E-state index is 0. The maximum atomic E-state index is 10.7. The fourth-order valence-corrected chi connectivity index (χ4v) is 1.62. The van der Waals surface area contributed by atoms with Gasteiger partial charge in [0, 0.05) is 12.6 Å². The molecule has 16 heavy (non-hydrogen) atoms. The van der Waals surface area contributed by atoms with Crippen LogP contribution in [0.2, 0.25) is 0 Å². The Kier molecular flexibility index (Phi) is 4.52. The lowest BCUT2D eigenvalue weighted by molar-refractivity contribution is -0.386. The van der Waals surface area contributed by atoms with E-state index in [1.54, 1.807) is 18.2 Å². The van der Waals surface area contributed by atoms with Crippen molar-refractivity contribution in [3.05, 3.63) is 34.4 Å². The van der Waals surface area contributed by atoms with E-state index in [1.807, 2.05) is 0 Å². The number of rotatable bonds is 3. The van der Waals surface area contributed by atoms with Gasteiger partial charge in [-0.15, -0.1) is 12.4 Å². The number of benzene rings is 1. The molecule has 1 unspecified atom stereocenters. The average molecular weight is 245 g/mol. The second kappa shape index (κ2) is 5.67. The number of hydrogen-bond donors (Lipinski definition) is 1. The van der Waals surface area contributed by atoms with Gasteiger partial charge in [-0.2, -0.15) is 0 Å². The molecule has 6 heteroatoms. The lowest BCUT2D eigenvalue weighted by Gasteiger charge is -2.11. The molecular formula is C10H13ClN2O3. The zero-order valence-corrected chi connectivity index (χ0v) is 9.40. The van der Waals surface area contributed by atoms with Gasteiger partial charge in [0.25, 0.3) is 0 Å². The predicted molar refractivity (Wildman–Crippen MR) is 62.2 cm³/mol. The molecule has 1 heterocycles. The minimum atomic E-state index is -0.419. The molecule has 0 aliphatic carbocycles. The van der Waals surface area contributed by atoms with Gasteiger partial charge in [-0.1, -0.05) is 12.1 Å². The Balaban J connectivity index is 0.00000128. The number of ether oxygens (including phenoxy) is 1. The standard InChI is InChI=1S/C10H12N2O3.ClH/c13-12(14)9-3-1-2-4-10(9)15-8-5-6-11-7-8;/h1-4,8,11H,5-7H2;1H. The van der Waals surface area contributed by atoms with Crippen molar-refractivity contribution in [2.75, 3.05) is 13.1 Å². The van der Waals surface area contributed by atoms with E-state index >= 15 is 0 Å². The van der Waals surface area contributed by atoms with E-state index in [4.69, 9.17) is 4.74 Å². The van der Waals surface area contributed by atoms with E-state index in [-0.39, 0.29) is 24.2 Å². The number of nitrogens with one attached hydrogen (secondary N) is 1. The fraction of sp³-hybridized carbons (Fsp3) is 0.400. The minimum Gasteiger partial charge on any atom is -0.482 e. The summed E-state index contributed by atoms with van der Waals surface area (Å²) < 4.78 is 5.56. The van der Waals surface area contributed by atoms with E-state index in [1.165, 1.54) is 6.07 Å². The first kappa shape index (κ1) is 12.7. The molecule has 1 N–H and O–H groups in total. The van der Waals surface area contributed by atoms with Crippen molar-refractivity contribution >= 4 is 18.1 Å². The molecule has 1 aromatic carbocycles. The maximum absolute atomic E-state index is 10.7. The Bertz CT molecular complexity index is 367. The van der Waals surface area contributed by atoms with Crippen LogP contribution >= 0.6 is 12.4 Å². The van der Waals surface area contributed by atoms with Crippen LogP contribution in [0.1, 0.15) is 6.42 Å². The molecule has 1 fully saturated rings. The summed E-state index contributed by atoms with van der Waals surface area (Å²) in [6, 6.07) is 6.47. The molecule has 1 aliphatic rings. The number of nitro benzene ring substituents is 1. The first-order valence-corrected chi connectivity index (χ1v) is 4.88. The summed E-state index contributed by atoms with van der Waals surface area (Å²) in [5.41, 5.74) is 0.0319. The number of halogens is 1. The maximum Gasteiger partial charge on any atom is 0.310 e. The Morgan fingerprint density at radius 2 is 2.19 bits per heavy atom. The quantitative estimate of drug-likeness (QED) is 0.650. The van der Waals surface area contributed by atoms with Gasteiger partial charge in [0.1, 0.15) is 6.10 Å². The first-order valence-electron chi connectivity index (χ1n) is 4.88. The van der Waals surface area contributed by atoms with E-state index < -0.39 is 4.92 Å². The van der Waals surface area contributed by atoms with Crippen LogP contribution in [0.4, 0.5) is 5.69 Å². The van der Waals surface area contributed by atoms with Crippen LogP contribution in [0.3, 0.4) is 0 Å². The van der Waals surface area contributed by atoms with Crippen LogP contribution in [0, 0.1) is 10.1 Å². The zero-order chi connectivity index (χ0) is 10.7. The van der Waals surface area contributed by atoms with Crippen LogP contribution in [-0.2, 0) is 0 Å². The summed E-state index contributed by atoms with van der Waals surface area (Å²) in [7, 11) is 0. The molecular weight excluding hydrogens is 232 g/mol. The Morgan fingerprint density at radius 3 is 2.81 bits per heavy atom. The van der Waals surface area contributed by atoms with Crippen LogP contribution in [0.15, 0.2) is 24.3 Å². The van der Waals surface area contributed by atoms with Crippen molar-refractivity contribution in [2.24, 2.45) is 0 Å². The van der Waals surface area contributed by atoms with Gasteiger partial charge >= 0.3 is 5.69 Å². The predicted octanol–water partition coefficient (Wildman–Crippen LogP) is 1.76. The van der Waals surface area contributed by atoms with Gasteiger partial charge in [-0.3, -0.25) is 10.1 Å². The van der Waals surface area contributed by atoms with E-state index in [2.05, 4.69) is 5.32 Å². The Morgan fingerprint density at radius 1 is 1.44 bits per heavy atom. The molecule has 1 atom stereocenters. The largest absolute Gasteiger partial charge is 0.482 e. The second-order valence-electron chi connectivity index (χ2n) is 3.46. The van der Waals surface area contributed by atoms with Gasteiger partial charge in [-0.05, 0) is 19.0 Å². The van der Waals surface area contributed by atoms with E-state index in [0.717, 1.165) is 19.5 Å². The normalized spacial score (nSPS) is 18.9. The topological polar surface area (TPSA) is 64.4 Å². The highest BCUT2D eigenvalue weighted by molar-refractivity contribution is 5.85. The third-order valence-electron chi connectivity index (χ3n) is 2.37. The smallest absolute Gasteiger partial charge is 0.310 e. The summed E-state index contributed by atoms with van der Waals surface area (Å²) in [5, 5.41) is 13.9. The number of para-hydroxylation sites is 2. The van der Waals surface area contributed by atoms with Crippen molar-refractivity contribution in [3.8, 4) is 5.75 Å². The zero-order valence-electron chi connectivity index (χ0n) is 8.59. The lowest BCUT2D eigenvalue weighted by Crippen LogP contribution is -2.19. The molecule has 0 radical (unpaired) electrons. The number of hydrogen-bond acceptors (Lipinski definition) is 4. The van der Waals surface area contributed by atoms with Crippen molar-refractivity contribution in [1.82, 2.24) is 5.32 Å². The number of nitrogens with zero attached hydrogens (tertiary/aromatic N) is 1. The van der Waals surface area contributed by atoms with Crippen molar-refractivity contribution < 1.29 is 9.66 Å². The van der Waals surface area contributed by atoms with Gasteiger partial charge in [0.05, 0.1) is 4.92 Å². The third-order valence-corrected chi connectivity index (χ3v) is 2.37. The molecule has 0 amide bonds. The van der Waals surface area contributed by atoms with Crippen molar-refractivity contribution in [3.63, 3.8) is 0 Å². The summed E-state index contributed by atoms with van der Waals surface area (Å²) in [4.78, 5) is 10.3. The second-order valence-corrected chi connectivity index (χ2v) is 3.46. The molecule has 0 saturated carbocycles. The highest BCUT2D eigenvalue weighted by atomic mass is 35.5. The van der Waals surface area contributed by atoms with E-state index in [0.29, 0.717) is 5.75 Å². The molecule has 1 aliphatic heterocycles. The summed E-state index contributed by atoms with van der Waals surface area (Å²) >= 11 is 0. The molecule has 5 nitrogen and oxygen atoms in total. The highest BCUT2D eigenvalue weighted by Gasteiger charge is 2.20. The molecule has 2 rings (SSSR count). The summed E-state index contributed by atoms with van der Waals surface area (Å²) in [6.45, 7) is 1.66. The first-order chi connectivity index (χ1) is 7.27. The monoisotopic (exact) mass is 244 g/mol. The molecule has 1 saturated heterocycles. The van der Waals surface area contributed by atoms with Gasteiger partial charge in [0.15, 0.2) is 5.75 Å². The number of nitro groups is 1. The lowest BCUT2D eigenvalue weighted by atomic mass is 10.3. The van der Waals surface area contributed by atoms with E-state index in [9.17, 15) is 10.1 Å². The molecule has 88 valence electrons. The summed E-state index contributed by atoms with van der Waals surface area (Å²) in [6.07, 6.45) is 0.942. The summed E-state index contributed by atoms with van der Waals surface area (Å²) in [5.74, 6) is 0.358.